The van der Waals surface area contributed by atoms with E-state index >= 15 is 0 Å². The maximum atomic E-state index is 12.4. The number of fused-ring (bicyclic) bond motifs is 2. The van der Waals surface area contributed by atoms with Crippen LogP contribution in [0.3, 0.4) is 0 Å². The number of esters is 1. The first kappa shape index (κ1) is 22.8. The Morgan fingerprint density at radius 1 is 1.19 bits per heavy atom. The number of methoxy groups -OCH3 is 2. The number of imidazole rings is 1. The second kappa shape index (κ2) is 8.48. The van der Waals surface area contributed by atoms with Crippen molar-refractivity contribution in [1.82, 2.24) is 19.1 Å². The van der Waals surface area contributed by atoms with Gasteiger partial charge >= 0.3 is 5.97 Å². The van der Waals surface area contributed by atoms with Crippen molar-refractivity contribution in [3.8, 4) is 17.3 Å². The Kier molecular flexibility index (Phi) is 5.37. The fourth-order valence-corrected chi connectivity index (χ4v) is 5.50. The molecule has 4 aromatic rings. The molecule has 2 saturated carbocycles. The Hall–Kier alpha value is -3.65. The molecule has 0 saturated heterocycles. The third kappa shape index (κ3) is 3.76. The number of carbonyl (C=O) groups is 1. The SMILES string of the molecule is C=CC1(O)CC(Cn2c(-c3cc4cccnc4n3CC3CC3)nc3cc(C(=O)OC)cc(OC)c32)C1. The van der Waals surface area contributed by atoms with Gasteiger partial charge < -0.3 is 23.7 Å². The number of pyridine rings is 1. The molecule has 0 spiro atoms. The van der Waals surface area contributed by atoms with Crippen LogP contribution in [0.5, 0.6) is 5.75 Å². The van der Waals surface area contributed by atoms with Gasteiger partial charge in [-0.25, -0.2) is 14.8 Å². The lowest BCUT2D eigenvalue weighted by Gasteiger charge is -2.42. The highest BCUT2D eigenvalue weighted by atomic mass is 16.5. The fourth-order valence-electron chi connectivity index (χ4n) is 5.50. The second-order valence-electron chi connectivity index (χ2n) is 10.2. The van der Waals surface area contributed by atoms with Crippen LogP contribution >= 0.6 is 0 Å². The molecular formula is C28H30N4O4. The molecule has 36 heavy (non-hydrogen) atoms. The molecular weight excluding hydrogens is 456 g/mol. The lowest BCUT2D eigenvalue weighted by atomic mass is 9.71. The van der Waals surface area contributed by atoms with Crippen LogP contribution in [0.2, 0.25) is 0 Å². The number of aromatic nitrogens is 4. The average molecular weight is 487 g/mol. The van der Waals surface area contributed by atoms with Crippen LogP contribution in [0.15, 0.2) is 49.2 Å². The van der Waals surface area contributed by atoms with E-state index in [1.54, 1.807) is 25.3 Å². The zero-order valence-corrected chi connectivity index (χ0v) is 20.6. The molecule has 6 rings (SSSR count). The fraction of sp³-hybridized carbons (Fsp3) is 0.393. The molecule has 2 aliphatic rings. The normalized spacial score (nSPS) is 21.5. The van der Waals surface area contributed by atoms with Gasteiger partial charge in [0.15, 0.2) is 5.82 Å². The predicted molar refractivity (Wildman–Crippen MR) is 137 cm³/mol. The van der Waals surface area contributed by atoms with Gasteiger partial charge in [-0.1, -0.05) is 6.08 Å². The van der Waals surface area contributed by atoms with E-state index in [1.807, 2.05) is 12.3 Å². The van der Waals surface area contributed by atoms with E-state index in [4.69, 9.17) is 14.5 Å². The predicted octanol–water partition coefficient (Wildman–Crippen LogP) is 4.59. The molecule has 186 valence electrons. The summed E-state index contributed by atoms with van der Waals surface area (Å²) >= 11 is 0. The van der Waals surface area contributed by atoms with Gasteiger partial charge in [0.2, 0.25) is 0 Å². The van der Waals surface area contributed by atoms with Gasteiger partial charge in [-0.3, -0.25) is 0 Å². The van der Waals surface area contributed by atoms with Gasteiger partial charge in [-0.2, -0.15) is 0 Å². The molecule has 2 fully saturated rings. The largest absolute Gasteiger partial charge is 0.494 e. The van der Waals surface area contributed by atoms with E-state index in [1.165, 1.54) is 20.0 Å². The van der Waals surface area contributed by atoms with Crippen molar-refractivity contribution in [3.63, 3.8) is 0 Å². The summed E-state index contributed by atoms with van der Waals surface area (Å²) in [6.45, 7) is 5.34. The Morgan fingerprint density at radius 2 is 1.97 bits per heavy atom. The van der Waals surface area contributed by atoms with E-state index in [0.717, 1.165) is 34.6 Å². The van der Waals surface area contributed by atoms with Crippen LogP contribution in [0.1, 0.15) is 36.0 Å². The molecule has 0 aliphatic heterocycles. The summed E-state index contributed by atoms with van der Waals surface area (Å²) in [6, 6.07) is 9.65. The van der Waals surface area contributed by atoms with Crippen LogP contribution < -0.4 is 4.74 Å². The van der Waals surface area contributed by atoms with Gasteiger partial charge in [0.25, 0.3) is 0 Å². The Morgan fingerprint density at radius 3 is 2.67 bits per heavy atom. The number of hydrogen-bond donors (Lipinski definition) is 1. The van der Waals surface area contributed by atoms with Crippen molar-refractivity contribution < 1.29 is 19.4 Å². The van der Waals surface area contributed by atoms with E-state index < -0.39 is 11.6 Å². The van der Waals surface area contributed by atoms with Crippen molar-refractivity contribution >= 4 is 28.0 Å². The molecule has 2 aliphatic carbocycles. The summed E-state index contributed by atoms with van der Waals surface area (Å²) in [5.41, 5.74) is 3.01. The minimum absolute atomic E-state index is 0.258. The van der Waals surface area contributed by atoms with Crippen LogP contribution in [-0.2, 0) is 17.8 Å². The highest BCUT2D eigenvalue weighted by Crippen LogP contribution is 2.43. The van der Waals surface area contributed by atoms with Crippen LogP contribution in [-0.4, -0.2) is 50.0 Å². The molecule has 0 radical (unpaired) electrons. The Balaban J connectivity index is 1.56. The summed E-state index contributed by atoms with van der Waals surface area (Å²) in [5.74, 6) is 1.83. The molecule has 0 amide bonds. The number of benzene rings is 1. The molecule has 3 heterocycles. The Labute approximate surface area is 209 Å². The third-order valence-electron chi connectivity index (χ3n) is 7.58. The molecule has 8 nitrogen and oxygen atoms in total. The average Bonchev–Trinajstić information content (AvgIpc) is 3.53. The molecule has 0 atom stereocenters. The molecule has 0 unspecified atom stereocenters. The summed E-state index contributed by atoms with van der Waals surface area (Å²) in [5, 5.41) is 11.6. The van der Waals surface area contributed by atoms with Crippen LogP contribution in [0.25, 0.3) is 33.6 Å². The van der Waals surface area contributed by atoms with E-state index in [2.05, 4.69) is 32.8 Å². The number of rotatable bonds is 8. The van der Waals surface area contributed by atoms with E-state index in [-0.39, 0.29) is 5.92 Å². The van der Waals surface area contributed by atoms with Crippen molar-refractivity contribution in [2.24, 2.45) is 11.8 Å². The summed E-state index contributed by atoms with van der Waals surface area (Å²) in [6.07, 6.45) is 7.20. The lowest BCUT2D eigenvalue weighted by molar-refractivity contribution is -0.0355. The first-order valence-electron chi connectivity index (χ1n) is 12.4. The van der Waals surface area contributed by atoms with Crippen molar-refractivity contribution in [2.45, 2.75) is 44.4 Å². The van der Waals surface area contributed by atoms with Crippen molar-refractivity contribution in [2.75, 3.05) is 14.2 Å². The zero-order valence-electron chi connectivity index (χ0n) is 20.6. The molecule has 3 aromatic heterocycles. The maximum Gasteiger partial charge on any atom is 0.338 e. The second-order valence-corrected chi connectivity index (χ2v) is 10.2. The molecule has 1 aromatic carbocycles. The first-order valence-corrected chi connectivity index (χ1v) is 12.4. The first-order chi connectivity index (χ1) is 17.4. The number of hydrogen-bond acceptors (Lipinski definition) is 6. The van der Waals surface area contributed by atoms with Crippen LogP contribution in [0.4, 0.5) is 0 Å². The Bertz CT molecular complexity index is 1490. The smallest absolute Gasteiger partial charge is 0.338 e. The highest BCUT2D eigenvalue weighted by molar-refractivity contribution is 5.97. The standard InChI is InChI=1S/C28H30N4O4/c1-4-28(34)13-18(14-28)16-32-24-21(10-20(27(33)36-3)12-23(24)35-2)30-26(32)22-11-19-6-5-9-29-25(19)31(22)15-17-7-8-17/h4-6,9-12,17-18,34H,1,7-8,13-16H2,2-3H3. The quantitative estimate of drug-likeness (QED) is 0.289. The topological polar surface area (TPSA) is 91.4 Å². The summed E-state index contributed by atoms with van der Waals surface area (Å²) in [4.78, 5) is 22.1. The molecule has 1 N–H and O–H groups in total. The van der Waals surface area contributed by atoms with E-state index in [9.17, 15) is 9.90 Å². The molecule has 8 heteroatoms. The number of ether oxygens (including phenoxy) is 2. The van der Waals surface area contributed by atoms with Gasteiger partial charge in [-0.15, -0.1) is 6.58 Å². The zero-order chi connectivity index (χ0) is 25.0. The minimum atomic E-state index is -0.811. The number of carbonyl (C=O) groups excluding carboxylic acids is 1. The maximum absolute atomic E-state index is 12.4. The van der Waals surface area contributed by atoms with Gasteiger partial charge in [0, 0.05) is 24.7 Å². The minimum Gasteiger partial charge on any atom is -0.494 e. The summed E-state index contributed by atoms with van der Waals surface area (Å²) in [7, 11) is 2.96. The van der Waals surface area contributed by atoms with Gasteiger partial charge in [0.1, 0.15) is 16.9 Å². The molecule has 0 bridgehead atoms. The summed E-state index contributed by atoms with van der Waals surface area (Å²) < 4.78 is 15.2. The van der Waals surface area contributed by atoms with E-state index in [0.29, 0.717) is 42.1 Å². The number of nitrogens with zero attached hydrogens (tertiary/aromatic N) is 4. The van der Waals surface area contributed by atoms with Crippen molar-refractivity contribution in [1.29, 1.82) is 0 Å². The number of aliphatic hydroxyl groups is 1. The van der Waals surface area contributed by atoms with Crippen molar-refractivity contribution in [3.05, 3.63) is 54.7 Å². The third-order valence-corrected chi connectivity index (χ3v) is 7.58. The highest BCUT2D eigenvalue weighted by Gasteiger charge is 2.41. The lowest BCUT2D eigenvalue weighted by Crippen LogP contribution is -2.43. The monoisotopic (exact) mass is 486 g/mol. The van der Waals surface area contributed by atoms with Gasteiger partial charge in [-0.05, 0) is 67.9 Å². The van der Waals surface area contributed by atoms with Gasteiger partial charge in [0.05, 0.1) is 36.6 Å². The van der Waals surface area contributed by atoms with Crippen LogP contribution in [0, 0.1) is 11.8 Å².